The first kappa shape index (κ1) is 11.0. The summed E-state index contributed by atoms with van der Waals surface area (Å²) in [5, 5.41) is 8.42. The standard InChI is InChI=1S/C16H16N2/c1-11(2)13-8-14(12-6-4-3-5-7-12)15-10-17-18-16(15)9-13/h3-11H,1-2H3,(H,17,18). The van der Waals surface area contributed by atoms with Crippen molar-refractivity contribution in [2.24, 2.45) is 0 Å². The van der Waals surface area contributed by atoms with Crippen LogP contribution < -0.4 is 0 Å². The zero-order valence-corrected chi connectivity index (χ0v) is 10.6. The van der Waals surface area contributed by atoms with Crippen LogP contribution in [0.5, 0.6) is 0 Å². The number of nitrogens with zero attached hydrogens (tertiary/aromatic N) is 1. The van der Waals surface area contributed by atoms with Crippen molar-refractivity contribution in [2.75, 3.05) is 0 Å². The van der Waals surface area contributed by atoms with Crippen LogP contribution in [-0.4, -0.2) is 10.2 Å². The van der Waals surface area contributed by atoms with E-state index in [1.807, 2.05) is 12.3 Å². The lowest BCUT2D eigenvalue weighted by Gasteiger charge is -2.10. The van der Waals surface area contributed by atoms with Crippen molar-refractivity contribution in [2.45, 2.75) is 19.8 Å². The molecule has 90 valence electrons. The maximum Gasteiger partial charge on any atom is 0.0659 e. The largest absolute Gasteiger partial charge is 0.278 e. The number of rotatable bonds is 2. The molecule has 2 aromatic carbocycles. The van der Waals surface area contributed by atoms with Crippen LogP contribution in [0.25, 0.3) is 22.0 Å². The number of hydrogen-bond donors (Lipinski definition) is 1. The van der Waals surface area contributed by atoms with Gasteiger partial charge in [0.15, 0.2) is 0 Å². The normalized spacial score (nSPS) is 11.3. The highest BCUT2D eigenvalue weighted by Crippen LogP contribution is 2.31. The van der Waals surface area contributed by atoms with Gasteiger partial charge in [-0.25, -0.2) is 0 Å². The predicted molar refractivity (Wildman–Crippen MR) is 75.6 cm³/mol. The second-order valence-corrected chi connectivity index (χ2v) is 4.92. The lowest BCUT2D eigenvalue weighted by atomic mass is 9.95. The van der Waals surface area contributed by atoms with E-state index < -0.39 is 0 Å². The Morgan fingerprint density at radius 3 is 2.56 bits per heavy atom. The van der Waals surface area contributed by atoms with E-state index in [1.54, 1.807) is 0 Å². The quantitative estimate of drug-likeness (QED) is 0.704. The maximum atomic E-state index is 4.16. The summed E-state index contributed by atoms with van der Waals surface area (Å²) >= 11 is 0. The Labute approximate surface area is 107 Å². The van der Waals surface area contributed by atoms with Crippen LogP contribution in [0, 0.1) is 0 Å². The fourth-order valence-electron chi connectivity index (χ4n) is 2.26. The minimum absolute atomic E-state index is 0.514. The van der Waals surface area contributed by atoms with E-state index in [1.165, 1.54) is 22.1 Å². The van der Waals surface area contributed by atoms with Crippen molar-refractivity contribution in [3.63, 3.8) is 0 Å². The fraction of sp³-hybridized carbons (Fsp3) is 0.188. The van der Waals surface area contributed by atoms with Gasteiger partial charge in [-0.2, -0.15) is 5.10 Å². The minimum Gasteiger partial charge on any atom is -0.278 e. The van der Waals surface area contributed by atoms with E-state index >= 15 is 0 Å². The van der Waals surface area contributed by atoms with Gasteiger partial charge in [0.05, 0.1) is 11.7 Å². The fourth-order valence-corrected chi connectivity index (χ4v) is 2.26. The molecule has 1 heterocycles. The van der Waals surface area contributed by atoms with Crippen LogP contribution in [0.3, 0.4) is 0 Å². The Morgan fingerprint density at radius 2 is 1.83 bits per heavy atom. The molecule has 1 aromatic heterocycles. The molecule has 0 atom stereocenters. The Kier molecular flexibility index (Phi) is 2.63. The molecule has 18 heavy (non-hydrogen) atoms. The molecule has 0 aliphatic carbocycles. The highest BCUT2D eigenvalue weighted by Gasteiger charge is 2.09. The molecule has 0 fully saturated rings. The summed E-state index contributed by atoms with van der Waals surface area (Å²) in [4.78, 5) is 0. The van der Waals surface area contributed by atoms with Gasteiger partial charge in [-0.05, 0) is 28.7 Å². The highest BCUT2D eigenvalue weighted by molar-refractivity contribution is 5.95. The summed E-state index contributed by atoms with van der Waals surface area (Å²) in [7, 11) is 0. The van der Waals surface area contributed by atoms with Gasteiger partial charge in [0, 0.05) is 5.39 Å². The number of nitrogens with one attached hydrogen (secondary N) is 1. The van der Waals surface area contributed by atoms with E-state index in [0.717, 1.165) is 5.52 Å². The van der Waals surface area contributed by atoms with Crippen molar-refractivity contribution in [3.05, 3.63) is 54.2 Å². The molecule has 0 saturated heterocycles. The molecular weight excluding hydrogens is 220 g/mol. The van der Waals surface area contributed by atoms with Gasteiger partial charge in [0.25, 0.3) is 0 Å². The number of benzene rings is 2. The summed E-state index contributed by atoms with van der Waals surface area (Å²) in [6, 6.07) is 14.9. The van der Waals surface area contributed by atoms with Gasteiger partial charge in [0.2, 0.25) is 0 Å². The van der Waals surface area contributed by atoms with Crippen molar-refractivity contribution in [1.29, 1.82) is 0 Å². The van der Waals surface area contributed by atoms with Crippen LogP contribution in [-0.2, 0) is 0 Å². The molecule has 0 amide bonds. The van der Waals surface area contributed by atoms with E-state index in [0.29, 0.717) is 5.92 Å². The molecule has 1 N–H and O–H groups in total. The number of aromatic amines is 1. The van der Waals surface area contributed by atoms with Crippen LogP contribution >= 0.6 is 0 Å². The molecule has 0 bridgehead atoms. The summed E-state index contributed by atoms with van der Waals surface area (Å²) in [5.41, 5.74) is 4.95. The SMILES string of the molecule is CC(C)c1cc(-c2ccccc2)c2cn[nH]c2c1. The average Bonchev–Trinajstić information content (AvgIpc) is 2.86. The van der Waals surface area contributed by atoms with Gasteiger partial charge >= 0.3 is 0 Å². The molecule has 0 saturated carbocycles. The lowest BCUT2D eigenvalue weighted by Crippen LogP contribution is -1.89. The van der Waals surface area contributed by atoms with Gasteiger partial charge < -0.3 is 0 Å². The number of aromatic nitrogens is 2. The van der Waals surface area contributed by atoms with Gasteiger partial charge in [-0.3, -0.25) is 5.10 Å². The Bertz CT molecular complexity index is 666. The van der Waals surface area contributed by atoms with Crippen LogP contribution in [0.15, 0.2) is 48.7 Å². The third-order valence-electron chi connectivity index (χ3n) is 3.33. The summed E-state index contributed by atoms with van der Waals surface area (Å²) < 4.78 is 0. The topological polar surface area (TPSA) is 28.7 Å². The van der Waals surface area contributed by atoms with Gasteiger partial charge in [-0.15, -0.1) is 0 Å². The molecule has 3 rings (SSSR count). The number of H-pyrrole nitrogens is 1. The molecule has 0 spiro atoms. The predicted octanol–water partition coefficient (Wildman–Crippen LogP) is 4.35. The van der Waals surface area contributed by atoms with E-state index in [-0.39, 0.29) is 0 Å². The summed E-state index contributed by atoms with van der Waals surface area (Å²) in [6.45, 7) is 4.43. The molecule has 0 aliphatic heterocycles. The van der Waals surface area contributed by atoms with Gasteiger partial charge in [-0.1, -0.05) is 50.2 Å². The highest BCUT2D eigenvalue weighted by atomic mass is 15.1. The van der Waals surface area contributed by atoms with Crippen molar-refractivity contribution in [1.82, 2.24) is 10.2 Å². The summed E-state index contributed by atoms with van der Waals surface area (Å²) in [6.07, 6.45) is 1.90. The molecule has 0 aliphatic rings. The Hall–Kier alpha value is -2.09. The summed E-state index contributed by atoms with van der Waals surface area (Å²) in [5.74, 6) is 0.514. The first-order valence-corrected chi connectivity index (χ1v) is 6.28. The van der Waals surface area contributed by atoms with Crippen molar-refractivity contribution in [3.8, 4) is 11.1 Å². The molecule has 2 nitrogen and oxygen atoms in total. The zero-order chi connectivity index (χ0) is 12.5. The van der Waals surface area contributed by atoms with E-state index in [2.05, 4.69) is 60.4 Å². The van der Waals surface area contributed by atoms with E-state index in [9.17, 15) is 0 Å². The zero-order valence-electron chi connectivity index (χ0n) is 10.6. The maximum absolute atomic E-state index is 4.16. The molecule has 3 aromatic rings. The Balaban J connectivity index is 2.29. The second kappa shape index (κ2) is 4.30. The molecular formula is C16H16N2. The third-order valence-corrected chi connectivity index (χ3v) is 3.33. The average molecular weight is 236 g/mol. The second-order valence-electron chi connectivity index (χ2n) is 4.92. The van der Waals surface area contributed by atoms with Crippen LogP contribution in [0.4, 0.5) is 0 Å². The van der Waals surface area contributed by atoms with Gasteiger partial charge in [0.1, 0.15) is 0 Å². The first-order valence-electron chi connectivity index (χ1n) is 6.28. The van der Waals surface area contributed by atoms with Crippen molar-refractivity contribution < 1.29 is 0 Å². The number of fused-ring (bicyclic) bond motifs is 1. The van der Waals surface area contributed by atoms with E-state index in [4.69, 9.17) is 0 Å². The lowest BCUT2D eigenvalue weighted by molar-refractivity contribution is 0.868. The minimum atomic E-state index is 0.514. The smallest absolute Gasteiger partial charge is 0.0659 e. The van der Waals surface area contributed by atoms with Crippen LogP contribution in [0.1, 0.15) is 25.3 Å². The molecule has 2 heteroatoms. The van der Waals surface area contributed by atoms with Crippen molar-refractivity contribution >= 4 is 10.9 Å². The molecule has 0 radical (unpaired) electrons. The first-order chi connectivity index (χ1) is 8.75. The third kappa shape index (κ3) is 1.80. The molecule has 0 unspecified atom stereocenters. The monoisotopic (exact) mass is 236 g/mol. The Morgan fingerprint density at radius 1 is 1.06 bits per heavy atom. The van der Waals surface area contributed by atoms with Crippen LogP contribution in [0.2, 0.25) is 0 Å². The number of hydrogen-bond acceptors (Lipinski definition) is 1.